The maximum absolute atomic E-state index is 11.6. The van der Waals surface area contributed by atoms with Crippen LogP contribution in [0, 0.1) is 0 Å². The molecular weight excluding hydrogens is 309 g/mol. The minimum atomic E-state index is -0.325. The standard InChI is InChI=1S/C14H20NO3P.2C2H6/c1-10(16)8-11-4-6-12(7-5-11)9-13(15(2)19)14(17)18-3;2*1-2/h4-7,13H,8-9,19H2,1-3H3;2*1-2H3/t13-;;/m0../s1. The molecule has 0 fully saturated rings. The lowest BCUT2D eigenvalue weighted by Crippen LogP contribution is -2.35. The van der Waals surface area contributed by atoms with Gasteiger partial charge in [-0.25, -0.2) is 0 Å². The van der Waals surface area contributed by atoms with Crippen LogP contribution < -0.4 is 0 Å². The lowest BCUT2D eigenvalue weighted by molar-refractivity contribution is -0.144. The molecule has 2 atom stereocenters. The number of carbonyl (C=O) groups excluding carboxylic acids is 2. The van der Waals surface area contributed by atoms with Gasteiger partial charge in [0.15, 0.2) is 0 Å². The first-order chi connectivity index (χ1) is 10.9. The van der Waals surface area contributed by atoms with Gasteiger partial charge in [-0.1, -0.05) is 61.4 Å². The minimum absolute atomic E-state index is 0.143. The maximum Gasteiger partial charge on any atom is 0.323 e. The van der Waals surface area contributed by atoms with E-state index in [9.17, 15) is 9.59 Å². The molecule has 132 valence electrons. The number of ether oxygens (including phenoxy) is 1. The molecule has 1 aromatic carbocycles. The summed E-state index contributed by atoms with van der Waals surface area (Å²) in [4.78, 5) is 22.7. The predicted molar refractivity (Wildman–Crippen MR) is 101 cm³/mol. The third-order valence-electron chi connectivity index (χ3n) is 2.87. The van der Waals surface area contributed by atoms with Crippen molar-refractivity contribution in [3.05, 3.63) is 35.4 Å². The third-order valence-corrected chi connectivity index (χ3v) is 3.23. The summed E-state index contributed by atoms with van der Waals surface area (Å²) in [5.74, 6) is -0.116. The van der Waals surface area contributed by atoms with Crippen molar-refractivity contribution in [3.63, 3.8) is 0 Å². The van der Waals surface area contributed by atoms with Crippen molar-refractivity contribution < 1.29 is 14.3 Å². The normalized spacial score (nSPS) is 10.7. The molecule has 0 radical (unpaired) electrons. The second kappa shape index (κ2) is 14.3. The number of rotatable bonds is 6. The zero-order valence-corrected chi connectivity index (χ0v) is 16.7. The molecule has 0 bridgehead atoms. The molecule has 0 amide bonds. The highest BCUT2D eigenvalue weighted by molar-refractivity contribution is 7.13. The smallest absolute Gasteiger partial charge is 0.323 e. The van der Waals surface area contributed by atoms with Gasteiger partial charge in [-0.15, -0.1) is 0 Å². The Morgan fingerprint density at radius 3 is 1.87 bits per heavy atom. The number of nitrogens with zero attached hydrogens (tertiary/aromatic N) is 1. The van der Waals surface area contributed by atoms with Crippen LogP contribution in [0.4, 0.5) is 0 Å². The van der Waals surface area contributed by atoms with Gasteiger partial charge in [-0.05, 0) is 31.5 Å². The van der Waals surface area contributed by atoms with Crippen LogP contribution in [-0.2, 0) is 27.2 Å². The third kappa shape index (κ3) is 10.2. The predicted octanol–water partition coefficient (Wildman–Crippen LogP) is 3.68. The van der Waals surface area contributed by atoms with Gasteiger partial charge in [0.05, 0.1) is 7.11 Å². The molecule has 0 aliphatic rings. The number of likely N-dealkylation sites (N-methyl/N-ethyl adjacent to an activating group) is 1. The molecule has 4 nitrogen and oxygen atoms in total. The Labute approximate surface area is 143 Å². The number of methoxy groups -OCH3 is 1. The van der Waals surface area contributed by atoms with Crippen molar-refractivity contribution in [1.29, 1.82) is 0 Å². The molecule has 1 aromatic rings. The summed E-state index contributed by atoms with van der Waals surface area (Å²) in [6.07, 6.45) is 1.03. The van der Waals surface area contributed by atoms with Crippen LogP contribution in [0.2, 0.25) is 0 Å². The van der Waals surface area contributed by atoms with E-state index in [-0.39, 0.29) is 17.8 Å². The van der Waals surface area contributed by atoms with Crippen molar-refractivity contribution in [3.8, 4) is 0 Å². The minimum Gasteiger partial charge on any atom is -0.468 e. The molecule has 23 heavy (non-hydrogen) atoms. The molecule has 0 heterocycles. The molecule has 0 N–H and O–H groups in total. The second-order valence-electron chi connectivity index (χ2n) is 4.60. The molecule has 0 aromatic heterocycles. The molecule has 1 rings (SSSR count). The average molecular weight is 341 g/mol. The van der Waals surface area contributed by atoms with Crippen molar-refractivity contribution in [2.45, 2.75) is 53.5 Å². The lowest BCUT2D eigenvalue weighted by Gasteiger charge is -2.21. The highest BCUT2D eigenvalue weighted by Crippen LogP contribution is 2.14. The lowest BCUT2D eigenvalue weighted by atomic mass is 10.0. The molecule has 0 aliphatic heterocycles. The summed E-state index contributed by atoms with van der Waals surface area (Å²) in [7, 11) is 5.69. The number of benzene rings is 1. The Morgan fingerprint density at radius 1 is 1.09 bits per heavy atom. The quantitative estimate of drug-likeness (QED) is 0.585. The highest BCUT2D eigenvalue weighted by Gasteiger charge is 2.21. The van der Waals surface area contributed by atoms with Gasteiger partial charge in [0, 0.05) is 6.42 Å². The van der Waals surface area contributed by atoms with Crippen molar-refractivity contribution in [1.82, 2.24) is 4.67 Å². The number of hydrogen-bond acceptors (Lipinski definition) is 4. The SMILES string of the molecule is CC.CC.COC(=O)[C@H](Cc1ccc(CC(C)=O)cc1)N(C)P. The zero-order valence-electron chi connectivity index (χ0n) is 15.6. The van der Waals surface area contributed by atoms with Gasteiger partial charge < -0.3 is 4.74 Å². The molecule has 1 unspecified atom stereocenters. The van der Waals surface area contributed by atoms with Gasteiger partial charge >= 0.3 is 5.97 Å². The van der Waals surface area contributed by atoms with Crippen LogP contribution in [0.15, 0.2) is 24.3 Å². The number of ketones is 1. The van der Waals surface area contributed by atoms with Gasteiger partial charge in [0.2, 0.25) is 0 Å². The Balaban J connectivity index is 0. The molecule has 0 aliphatic carbocycles. The number of carbonyl (C=O) groups is 2. The Morgan fingerprint density at radius 2 is 1.52 bits per heavy atom. The van der Waals surface area contributed by atoms with Crippen molar-refractivity contribution in [2.75, 3.05) is 14.2 Å². The van der Waals surface area contributed by atoms with E-state index in [0.29, 0.717) is 12.8 Å². The number of esters is 1. The van der Waals surface area contributed by atoms with E-state index in [1.54, 1.807) is 11.6 Å². The molecule has 0 spiro atoms. The van der Waals surface area contributed by atoms with Gasteiger partial charge in [-0.2, -0.15) is 0 Å². The second-order valence-corrected chi connectivity index (χ2v) is 5.42. The monoisotopic (exact) mass is 341 g/mol. The van der Waals surface area contributed by atoms with Crippen LogP contribution >= 0.6 is 9.39 Å². The van der Waals surface area contributed by atoms with E-state index < -0.39 is 0 Å². The van der Waals surface area contributed by atoms with E-state index in [1.165, 1.54) is 7.11 Å². The topological polar surface area (TPSA) is 46.6 Å². The van der Waals surface area contributed by atoms with Crippen LogP contribution in [0.3, 0.4) is 0 Å². The Kier molecular flexibility index (Phi) is 15.0. The molecular formula is C18H32NO3P. The van der Waals surface area contributed by atoms with Gasteiger partial charge in [-0.3, -0.25) is 14.3 Å². The van der Waals surface area contributed by atoms with Crippen LogP contribution in [0.1, 0.15) is 45.7 Å². The van der Waals surface area contributed by atoms with E-state index in [4.69, 9.17) is 4.74 Å². The fraction of sp³-hybridized carbons (Fsp3) is 0.556. The fourth-order valence-electron chi connectivity index (χ4n) is 1.83. The summed E-state index contributed by atoms with van der Waals surface area (Å²) >= 11 is 0. The summed E-state index contributed by atoms with van der Waals surface area (Å²) in [5, 5.41) is 0. The molecule has 0 saturated carbocycles. The Bertz CT molecular complexity index is 444. The van der Waals surface area contributed by atoms with E-state index in [2.05, 4.69) is 9.39 Å². The molecule has 5 heteroatoms. The Hall–Kier alpha value is -1.25. The molecule has 0 saturated heterocycles. The summed E-state index contributed by atoms with van der Waals surface area (Å²) in [6, 6.07) is 7.42. The van der Waals surface area contributed by atoms with Crippen LogP contribution in [0.5, 0.6) is 0 Å². The van der Waals surface area contributed by atoms with Gasteiger partial charge in [0.1, 0.15) is 11.8 Å². The first kappa shape index (κ1) is 24.0. The summed E-state index contributed by atoms with van der Waals surface area (Å²) in [6.45, 7) is 9.57. The fourth-order valence-corrected chi connectivity index (χ4v) is 2.06. The largest absolute Gasteiger partial charge is 0.468 e. The number of hydrogen-bond donors (Lipinski definition) is 0. The van der Waals surface area contributed by atoms with Crippen LogP contribution in [-0.4, -0.2) is 36.6 Å². The van der Waals surface area contributed by atoms with E-state index in [1.807, 2.05) is 59.0 Å². The maximum atomic E-state index is 11.6. The highest BCUT2D eigenvalue weighted by atomic mass is 31.0. The summed E-state index contributed by atoms with van der Waals surface area (Å²) < 4.78 is 6.54. The first-order valence-electron chi connectivity index (χ1n) is 8.06. The van der Waals surface area contributed by atoms with E-state index in [0.717, 1.165) is 11.1 Å². The summed E-state index contributed by atoms with van der Waals surface area (Å²) in [5.41, 5.74) is 2.03. The van der Waals surface area contributed by atoms with Crippen molar-refractivity contribution in [2.24, 2.45) is 0 Å². The van der Waals surface area contributed by atoms with E-state index >= 15 is 0 Å². The van der Waals surface area contributed by atoms with Gasteiger partial charge in [0.25, 0.3) is 0 Å². The zero-order chi connectivity index (χ0) is 18.4. The number of Topliss-reactive ketones (excluding diaryl/α,β-unsaturated/α-hetero) is 1. The average Bonchev–Trinajstić information content (AvgIpc) is 2.56. The first-order valence-corrected chi connectivity index (χ1v) is 8.58. The van der Waals surface area contributed by atoms with Crippen molar-refractivity contribution >= 4 is 21.1 Å². The van der Waals surface area contributed by atoms with Crippen LogP contribution in [0.25, 0.3) is 0 Å².